The van der Waals surface area contributed by atoms with Crippen molar-refractivity contribution in [1.82, 2.24) is 4.98 Å². The summed E-state index contributed by atoms with van der Waals surface area (Å²) in [5.41, 5.74) is 4.36. The minimum absolute atomic E-state index is 0.121. The molecule has 1 heterocycles. The van der Waals surface area contributed by atoms with Gasteiger partial charge < -0.3 is 18.6 Å². The summed E-state index contributed by atoms with van der Waals surface area (Å²) in [6.45, 7) is 4.85. The number of methoxy groups -OCH3 is 1. The molecule has 0 saturated heterocycles. The molecule has 2 aromatic carbocycles. The number of esters is 1. The Bertz CT molecular complexity index is 1090. The number of carbonyl (C=O) groups is 1. The van der Waals surface area contributed by atoms with Crippen LogP contribution in [0.1, 0.15) is 55.2 Å². The lowest BCUT2D eigenvalue weighted by Gasteiger charge is -2.12. The van der Waals surface area contributed by atoms with Crippen LogP contribution in [0.3, 0.4) is 0 Å². The predicted octanol–water partition coefficient (Wildman–Crippen LogP) is 5.52. The lowest BCUT2D eigenvalue weighted by molar-refractivity contribution is -0.143. The van der Waals surface area contributed by atoms with E-state index in [1.54, 1.807) is 7.11 Å². The summed E-state index contributed by atoms with van der Waals surface area (Å²) in [4.78, 5) is 16.6. The van der Waals surface area contributed by atoms with Crippen molar-refractivity contribution in [3.63, 3.8) is 0 Å². The first kappa shape index (κ1) is 22.9. The molecule has 0 unspecified atom stereocenters. The summed E-state index contributed by atoms with van der Waals surface area (Å²) in [5.74, 6) is 3.28. The summed E-state index contributed by atoms with van der Waals surface area (Å²) in [6, 6.07) is 13.9. The molecule has 33 heavy (non-hydrogen) atoms. The maximum absolute atomic E-state index is 11.9. The lowest BCUT2D eigenvalue weighted by Crippen LogP contribution is -2.08. The highest BCUT2D eigenvalue weighted by atomic mass is 16.5. The van der Waals surface area contributed by atoms with Crippen LogP contribution in [0.15, 0.2) is 46.9 Å². The fourth-order valence-electron chi connectivity index (χ4n) is 4.38. The van der Waals surface area contributed by atoms with Gasteiger partial charge in [0.05, 0.1) is 32.4 Å². The van der Waals surface area contributed by atoms with Gasteiger partial charge in [-0.25, -0.2) is 4.98 Å². The minimum atomic E-state index is -0.121. The molecule has 0 radical (unpaired) electrons. The van der Waals surface area contributed by atoms with E-state index in [9.17, 15) is 4.79 Å². The molecular formula is C27H31NO5. The number of ether oxygens (including phenoxy) is 3. The average molecular weight is 450 g/mol. The molecule has 0 fully saturated rings. The second kappa shape index (κ2) is 10.6. The third-order valence-corrected chi connectivity index (χ3v) is 6.08. The highest BCUT2D eigenvalue weighted by Crippen LogP contribution is 2.37. The molecule has 1 atom stereocenters. The third kappa shape index (κ3) is 5.38. The molecule has 0 saturated carbocycles. The molecule has 6 heteroatoms. The van der Waals surface area contributed by atoms with E-state index in [-0.39, 0.29) is 11.9 Å². The molecule has 0 bridgehead atoms. The van der Waals surface area contributed by atoms with E-state index in [4.69, 9.17) is 23.6 Å². The molecule has 1 aliphatic rings. The molecule has 1 aliphatic carbocycles. The smallest absolute Gasteiger partial charge is 0.306 e. The zero-order chi connectivity index (χ0) is 23.2. The van der Waals surface area contributed by atoms with Gasteiger partial charge in [-0.15, -0.1) is 0 Å². The summed E-state index contributed by atoms with van der Waals surface area (Å²) in [5, 5.41) is 0. The van der Waals surface area contributed by atoms with Gasteiger partial charge in [-0.3, -0.25) is 4.79 Å². The third-order valence-electron chi connectivity index (χ3n) is 6.08. The Balaban J connectivity index is 1.37. The Morgan fingerprint density at radius 1 is 1.12 bits per heavy atom. The topological polar surface area (TPSA) is 70.8 Å². The van der Waals surface area contributed by atoms with Crippen LogP contribution in [0.25, 0.3) is 11.5 Å². The van der Waals surface area contributed by atoms with Crippen LogP contribution in [-0.4, -0.2) is 31.3 Å². The minimum Gasteiger partial charge on any atom is -0.497 e. The van der Waals surface area contributed by atoms with Crippen molar-refractivity contribution < 1.29 is 23.4 Å². The predicted molar refractivity (Wildman–Crippen MR) is 126 cm³/mol. The number of aryl methyl sites for hydroxylation is 2. The number of fused-ring (bicyclic) bond motifs is 1. The van der Waals surface area contributed by atoms with E-state index >= 15 is 0 Å². The first-order valence-electron chi connectivity index (χ1n) is 11.7. The summed E-state index contributed by atoms with van der Waals surface area (Å²) >= 11 is 0. The second-order valence-corrected chi connectivity index (χ2v) is 8.17. The summed E-state index contributed by atoms with van der Waals surface area (Å²) < 4.78 is 22.4. The molecular weight excluding hydrogens is 418 g/mol. The Labute approximate surface area is 194 Å². The summed E-state index contributed by atoms with van der Waals surface area (Å²) in [7, 11) is 1.65. The van der Waals surface area contributed by atoms with Crippen LogP contribution >= 0.6 is 0 Å². The van der Waals surface area contributed by atoms with Crippen LogP contribution in [0.4, 0.5) is 0 Å². The Morgan fingerprint density at radius 2 is 1.91 bits per heavy atom. The van der Waals surface area contributed by atoms with E-state index < -0.39 is 0 Å². The van der Waals surface area contributed by atoms with Crippen molar-refractivity contribution in [3.8, 4) is 23.0 Å². The van der Waals surface area contributed by atoms with Gasteiger partial charge in [0, 0.05) is 18.4 Å². The van der Waals surface area contributed by atoms with E-state index in [0.29, 0.717) is 31.9 Å². The molecule has 0 amide bonds. The van der Waals surface area contributed by atoms with E-state index in [1.165, 1.54) is 11.1 Å². The van der Waals surface area contributed by atoms with Crippen molar-refractivity contribution in [2.75, 3.05) is 20.3 Å². The fourth-order valence-corrected chi connectivity index (χ4v) is 4.38. The zero-order valence-electron chi connectivity index (χ0n) is 19.6. The molecule has 0 aliphatic heterocycles. The number of hydrogen-bond acceptors (Lipinski definition) is 6. The average Bonchev–Trinajstić information content (AvgIpc) is 3.43. The Morgan fingerprint density at radius 3 is 2.64 bits per heavy atom. The fraction of sp³-hybridized carbons (Fsp3) is 0.407. The number of rotatable bonds is 10. The summed E-state index contributed by atoms with van der Waals surface area (Å²) in [6.07, 6.45) is 3.84. The van der Waals surface area contributed by atoms with E-state index in [2.05, 4.69) is 19.1 Å². The highest BCUT2D eigenvalue weighted by Gasteiger charge is 2.25. The second-order valence-electron chi connectivity index (χ2n) is 8.17. The van der Waals surface area contributed by atoms with Crippen LogP contribution in [0.2, 0.25) is 0 Å². The number of carbonyl (C=O) groups excluding carboxylic acids is 1. The molecule has 0 N–H and O–H groups in total. The molecule has 174 valence electrons. The van der Waals surface area contributed by atoms with Crippen LogP contribution in [-0.2, 0) is 28.8 Å². The lowest BCUT2D eigenvalue weighted by atomic mass is 9.98. The van der Waals surface area contributed by atoms with Gasteiger partial charge in [-0.1, -0.05) is 13.0 Å². The van der Waals surface area contributed by atoms with Gasteiger partial charge in [0.1, 0.15) is 17.3 Å². The standard InChI is InChI=1S/C27H31NO5/c1-4-25-24(28-27(33-25)18-8-10-21(30-3)11-9-18)14-15-32-22-12-13-23-19(16-22)6-7-20(23)17-26(29)31-5-2/h8-13,16,20H,4-7,14-15,17H2,1-3H3/t20-/m0/s1. The van der Waals surface area contributed by atoms with Crippen molar-refractivity contribution in [1.29, 1.82) is 0 Å². The largest absolute Gasteiger partial charge is 0.497 e. The van der Waals surface area contributed by atoms with Gasteiger partial charge in [-0.05, 0) is 73.2 Å². The molecule has 1 aromatic heterocycles. The molecule has 3 aromatic rings. The first-order chi connectivity index (χ1) is 16.1. The number of hydrogen-bond donors (Lipinski definition) is 0. The van der Waals surface area contributed by atoms with Gasteiger partial charge in [0.2, 0.25) is 5.89 Å². The van der Waals surface area contributed by atoms with E-state index in [1.807, 2.05) is 37.3 Å². The first-order valence-corrected chi connectivity index (χ1v) is 11.7. The van der Waals surface area contributed by atoms with Gasteiger partial charge in [0.25, 0.3) is 0 Å². The molecule has 6 nitrogen and oxygen atoms in total. The number of benzene rings is 2. The molecule has 0 spiro atoms. The van der Waals surface area contributed by atoms with Crippen molar-refractivity contribution in [3.05, 3.63) is 65.0 Å². The van der Waals surface area contributed by atoms with Gasteiger partial charge in [-0.2, -0.15) is 0 Å². The van der Waals surface area contributed by atoms with Gasteiger partial charge >= 0.3 is 5.97 Å². The number of nitrogens with zero attached hydrogens (tertiary/aromatic N) is 1. The number of oxazole rings is 1. The maximum atomic E-state index is 11.9. The van der Waals surface area contributed by atoms with Gasteiger partial charge in [0.15, 0.2) is 0 Å². The van der Waals surface area contributed by atoms with Crippen molar-refractivity contribution in [2.24, 2.45) is 0 Å². The zero-order valence-corrected chi connectivity index (χ0v) is 19.6. The van der Waals surface area contributed by atoms with Crippen LogP contribution in [0.5, 0.6) is 11.5 Å². The Kier molecular flexibility index (Phi) is 7.33. The SMILES string of the molecule is CCOC(=O)C[C@@H]1CCc2cc(OCCc3nc(-c4ccc(OC)cc4)oc3CC)ccc21. The van der Waals surface area contributed by atoms with E-state index in [0.717, 1.165) is 47.8 Å². The number of aromatic nitrogens is 1. The highest BCUT2D eigenvalue weighted by molar-refractivity contribution is 5.71. The monoisotopic (exact) mass is 449 g/mol. The van der Waals surface area contributed by atoms with Crippen molar-refractivity contribution in [2.45, 2.75) is 51.9 Å². The van der Waals surface area contributed by atoms with Crippen molar-refractivity contribution >= 4 is 5.97 Å². The van der Waals surface area contributed by atoms with Crippen LogP contribution in [0, 0.1) is 0 Å². The molecule has 4 rings (SSSR count). The normalized spacial score (nSPS) is 14.7. The van der Waals surface area contributed by atoms with Crippen LogP contribution < -0.4 is 9.47 Å². The quantitative estimate of drug-likeness (QED) is 0.380. The Hall–Kier alpha value is -3.28. The maximum Gasteiger partial charge on any atom is 0.306 e.